The number of carbonyl (C=O) groups is 1. The van der Waals surface area contributed by atoms with E-state index in [0.717, 1.165) is 0 Å². The number of carbonyl (C=O) groups excluding carboxylic acids is 1. The standard InChI is InChI=1S/C3H5NO.C2H6/c1-4-2-3(4)5;1-2/h2H2,1H3;1-2H3. The molecule has 7 heavy (non-hydrogen) atoms. The van der Waals surface area contributed by atoms with Crippen molar-refractivity contribution in [2.75, 3.05) is 13.6 Å². The molecule has 0 aliphatic carbocycles. The summed E-state index contributed by atoms with van der Waals surface area (Å²) in [7, 11) is 1.78. The number of amides is 1. The maximum absolute atomic E-state index is 9.81. The van der Waals surface area contributed by atoms with Crippen LogP contribution in [0.25, 0.3) is 0 Å². The molecule has 1 heterocycles. The highest BCUT2D eigenvalue weighted by Crippen LogP contribution is 1.97. The van der Waals surface area contributed by atoms with Gasteiger partial charge in [-0.1, -0.05) is 13.8 Å². The van der Waals surface area contributed by atoms with Gasteiger partial charge in [0.25, 0.3) is 0 Å². The smallest absolute Gasteiger partial charge is 0.242 e. The number of likely N-dealkylation sites (N-methyl/N-ethyl adjacent to an activating group) is 1. The molecule has 1 aliphatic rings. The normalized spacial score (nSPS) is 15.3. The summed E-state index contributed by atoms with van der Waals surface area (Å²) >= 11 is 0. The van der Waals surface area contributed by atoms with Gasteiger partial charge in [0.05, 0.1) is 6.54 Å². The summed E-state index contributed by atoms with van der Waals surface area (Å²) in [5, 5.41) is 0. The fraction of sp³-hybridized carbons (Fsp3) is 0.800. The molecule has 1 rings (SSSR count). The second-order valence-electron chi connectivity index (χ2n) is 1.25. The minimum atomic E-state index is 0.255. The molecule has 0 bridgehead atoms. The van der Waals surface area contributed by atoms with Gasteiger partial charge in [0, 0.05) is 7.05 Å². The van der Waals surface area contributed by atoms with Crippen LogP contribution in [0.4, 0.5) is 0 Å². The lowest BCUT2D eigenvalue weighted by molar-refractivity contribution is -0.113. The maximum atomic E-state index is 9.81. The van der Waals surface area contributed by atoms with E-state index in [1.807, 2.05) is 13.8 Å². The van der Waals surface area contributed by atoms with Crippen LogP contribution in [0, 0.1) is 0 Å². The Labute approximate surface area is 44.1 Å². The summed E-state index contributed by atoms with van der Waals surface area (Å²) in [6.07, 6.45) is 0. The molecule has 2 nitrogen and oxygen atoms in total. The van der Waals surface area contributed by atoms with E-state index in [0.29, 0.717) is 6.54 Å². The van der Waals surface area contributed by atoms with Crippen molar-refractivity contribution in [1.29, 1.82) is 0 Å². The van der Waals surface area contributed by atoms with Gasteiger partial charge in [-0.15, -0.1) is 0 Å². The second kappa shape index (κ2) is 2.61. The quantitative estimate of drug-likeness (QED) is 0.406. The molecule has 0 aromatic heterocycles. The molecule has 0 radical (unpaired) electrons. The highest BCUT2D eigenvalue weighted by atomic mass is 16.2. The largest absolute Gasteiger partial charge is 0.335 e. The third-order valence-electron chi connectivity index (χ3n) is 0.695. The second-order valence-corrected chi connectivity index (χ2v) is 1.25. The molecule has 0 saturated carbocycles. The van der Waals surface area contributed by atoms with Crippen LogP contribution in [0.3, 0.4) is 0 Å². The Kier molecular flexibility index (Phi) is 2.41. The Balaban J connectivity index is 0.000000162. The van der Waals surface area contributed by atoms with E-state index in [1.165, 1.54) is 0 Å². The Morgan fingerprint density at radius 1 is 1.57 bits per heavy atom. The summed E-state index contributed by atoms with van der Waals surface area (Å²) in [4.78, 5) is 11.5. The molecule has 1 amide bonds. The molecule has 0 unspecified atom stereocenters. The van der Waals surface area contributed by atoms with Gasteiger partial charge in [0.2, 0.25) is 5.91 Å². The highest BCUT2D eigenvalue weighted by molar-refractivity contribution is 5.91. The van der Waals surface area contributed by atoms with Gasteiger partial charge in [0.15, 0.2) is 0 Å². The summed E-state index contributed by atoms with van der Waals surface area (Å²) in [5.41, 5.74) is 0. The van der Waals surface area contributed by atoms with Crippen LogP contribution < -0.4 is 0 Å². The molecule has 42 valence electrons. The van der Waals surface area contributed by atoms with Gasteiger partial charge in [-0.2, -0.15) is 0 Å². The molecule has 0 spiro atoms. The molecule has 1 saturated heterocycles. The zero-order valence-electron chi connectivity index (χ0n) is 5.06. The zero-order chi connectivity index (χ0) is 5.86. The summed E-state index contributed by atoms with van der Waals surface area (Å²) in [5.74, 6) is 0.255. The monoisotopic (exact) mass is 101 g/mol. The molecule has 1 aliphatic heterocycles. The van der Waals surface area contributed by atoms with Crippen molar-refractivity contribution >= 4 is 5.91 Å². The van der Waals surface area contributed by atoms with Gasteiger partial charge >= 0.3 is 0 Å². The number of hydrogen-bond acceptors (Lipinski definition) is 1. The van der Waals surface area contributed by atoms with E-state index < -0.39 is 0 Å². The van der Waals surface area contributed by atoms with E-state index >= 15 is 0 Å². The first kappa shape index (κ1) is 6.47. The van der Waals surface area contributed by atoms with E-state index in [1.54, 1.807) is 11.9 Å². The number of hydrogen-bond donors (Lipinski definition) is 0. The predicted octanol–water partition coefficient (Wildman–Crippen LogP) is 0.485. The molecule has 0 aromatic rings. The van der Waals surface area contributed by atoms with Crippen LogP contribution >= 0.6 is 0 Å². The van der Waals surface area contributed by atoms with Crippen molar-refractivity contribution in [3.05, 3.63) is 0 Å². The van der Waals surface area contributed by atoms with Crippen molar-refractivity contribution < 1.29 is 4.79 Å². The molecular formula is C5H11NO. The summed E-state index contributed by atoms with van der Waals surface area (Å²) in [6.45, 7) is 4.67. The minimum Gasteiger partial charge on any atom is -0.335 e. The molecule has 0 atom stereocenters. The van der Waals surface area contributed by atoms with Crippen LogP contribution in [-0.4, -0.2) is 24.4 Å². The lowest BCUT2D eigenvalue weighted by Gasteiger charge is -1.68. The SMILES string of the molecule is CC.CN1CC1=O. The average molecular weight is 101 g/mol. The van der Waals surface area contributed by atoms with Gasteiger partial charge in [0.1, 0.15) is 0 Å². The Morgan fingerprint density at radius 2 is 1.71 bits per heavy atom. The molecule has 2 heteroatoms. The van der Waals surface area contributed by atoms with E-state index in [2.05, 4.69) is 0 Å². The maximum Gasteiger partial charge on any atom is 0.242 e. The zero-order valence-corrected chi connectivity index (χ0v) is 5.06. The number of rotatable bonds is 0. The Bertz CT molecular complexity index is 70.5. The van der Waals surface area contributed by atoms with Gasteiger partial charge < -0.3 is 4.90 Å². The predicted molar refractivity (Wildman–Crippen MR) is 29.0 cm³/mol. The number of nitrogens with zero attached hydrogens (tertiary/aromatic N) is 1. The van der Waals surface area contributed by atoms with Crippen LogP contribution in [0.1, 0.15) is 13.8 Å². The first-order valence-electron chi connectivity index (χ1n) is 2.54. The van der Waals surface area contributed by atoms with Crippen molar-refractivity contribution in [2.24, 2.45) is 0 Å². The van der Waals surface area contributed by atoms with Gasteiger partial charge in [-0.3, -0.25) is 4.79 Å². The van der Waals surface area contributed by atoms with E-state index in [-0.39, 0.29) is 5.91 Å². The fourth-order valence-corrected chi connectivity index (χ4v) is 0.168. The topological polar surface area (TPSA) is 20.1 Å². The van der Waals surface area contributed by atoms with E-state index in [4.69, 9.17) is 0 Å². The summed E-state index contributed by atoms with van der Waals surface area (Å²) < 4.78 is 0. The third kappa shape index (κ3) is 2.20. The highest BCUT2D eigenvalue weighted by Gasteiger charge is 2.23. The lowest BCUT2D eigenvalue weighted by atomic mass is 11.0. The van der Waals surface area contributed by atoms with Crippen molar-refractivity contribution in [3.8, 4) is 0 Å². The Morgan fingerprint density at radius 3 is 1.71 bits per heavy atom. The average Bonchev–Trinajstić information content (AvgIpc) is 2.27. The van der Waals surface area contributed by atoms with Crippen LogP contribution in [0.2, 0.25) is 0 Å². The van der Waals surface area contributed by atoms with Crippen LogP contribution in [0.5, 0.6) is 0 Å². The summed E-state index contributed by atoms with van der Waals surface area (Å²) in [6, 6.07) is 0. The van der Waals surface area contributed by atoms with Crippen molar-refractivity contribution in [2.45, 2.75) is 13.8 Å². The third-order valence-corrected chi connectivity index (χ3v) is 0.695. The van der Waals surface area contributed by atoms with E-state index in [9.17, 15) is 4.79 Å². The van der Waals surface area contributed by atoms with Crippen molar-refractivity contribution in [3.63, 3.8) is 0 Å². The molecular weight excluding hydrogens is 90.1 g/mol. The first-order chi connectivity index (χ1) is 3.30. The van der Waals surface area contributed by atoms with Crippen molar-refractivity contribution in [1.82, 2.24) is 4.90 Å². The fourth-order valence-electron chi connectivity index (χ4n) is 0.168. The van der Waals surface area contributed by atoms with Gasteiger partial charge in [-0.25, -0.2) is 0 Å². The lowest BCUT2D eigenvalue weighted by Crippen LogP contribution is -1.80. The first-order valence-corrected chi connectivity index (χ1v) is 2.54. The molecule has 1 fully saturated rings. The molecule has 0 aromatic carbocycles. The Hall–Kier alpha value is -0.530. The van der Waals surface area contributed by atoms with Crippen LogP contribution in [-0.2, 0) is 4.79 Å². The minimum absolute atomic E-state index is 0.255. The van der Waals surface area contributed by atoms with Gasteiger partial charge in [-0.05, 0) is 0 Å². The molecule has 0 N–H and O–H groups in total. The van der Waals surface area contributed by atoms with Crippen LogP contribution in [0.15, 0.2) is 0 Å².